The van der Waals surface area contributed by atoms with E-state index in [-0.39, 0.29) is 0 Å². The van der Waals surface area contributed by atoms with Gasteiger partial charge >= 0.3 is 0 Å². The van der Waals surface area contributed by atoms with E-state index in [4.69, 9.17) is 5.11 Å². The van der Waals surface area contributed by atoms with Crippen LogP contribution in [0.25, 0.3) is 0 Å². The quantitative estimate of drug-likeness (QED) is 0.637. The van der Waals surface area contributed by atoms with Gasteiger partial charge in [-0.3, -0.25) is 0 Å². The van der Waals surface area contributed by atoms with Gasteiger partial charge in [-0.25, -0.2) is 0 Å². The number of hydrogen-bond donors (Lipinski definition) is 1. The van der Waals surface area contributed by atoms with Crippen LogP contribution in [-0.4, -0.2) is 11.7 Å². The predicted octanol–water partition coefficient (Wildman–Crippen LogP) is 2.44. The molecule has 0 radical (unpaired) electrons. The molecule has 0 aromatic rings. The van der Waals surface area contributed by atoms with Gasteiger partial charge in [0.2, 0.25) is 0 Å². The zero-order valence-electron chi connectivity index (χ0n) is 8.21. The minimum absolute atomic E-state index is 0.428. The summed E-state index contributed by atoms with van der Waals surface area (Å²) in [6.45, 7) is 5.19. The lowest BCUT2D eigenvalue weighted by Crippen LogP contribution is -2.27. The minimum Gasteiger partial charge on any atom is -0.396 e. The summed E-state index contributed by atoms with van der Waals surface area (Å²) in [5, 5.41) is 9.13. The summed E-state index contributed by atoms with van der Waals surface area (Å²) >= 11 is 0. The standard InChI is InChI=1S/C11H20O/c1-8-4-3-5-11(9(8)2)6-10(11)7-12/h8-10,12H,3-7H2,1-2H3. The van der Waals surface area contributed by atoms with Crippen LogP contribution in [0.1, 0.15) is 39.5 Å². The highest BCUT2D eigenvalue weighted by atomic mass is 16.3. The molecule has 0 amide bonds. The van der Waals surface area contributed by atoms with E-state index in [0.717, 1.165) is 11.8 Å². The van der Waals surface area contributed by atoms with E-state index in [9.17, 15) is 0 Å². The lowest BCUT2D eigenvalue weighted by atomic mass is 9.70. The van der Waals surface area contributed by atoms with Crippen LogP contribution in [0, 0.1) is 23.2 Å². The third-order valence-electron chi connectivity index (χ3n) is 4.56. The van der Waals surface area contributed by atoms with Crippen molar-refractivity contribution in [2.24, 2.45) is 23.2 Å². The Hall–Kier alpha value is -0.0400. The Morgan fingerprint density at radius 3 is 2.75 bits per heavy atom. The molecule has 12 heavy (non-hydrogen) atoms. The molecular formula is C11H20O. The Morgan fingerprint density at radius 2 is 2.17 bits per heavy atom. The monoisotopic (exact) mass is 168 g/mol. The van der Waals surface area contributed by atoms with Crippen molar-refractivity contribution in [3.05, 3.63) is 0 Å². The molecule has 0 heterocycles. The summed E-state index contributed by atoms with van der Waals surface area (Å²) < 4.78 is 0. The third-order valence-corrected chi connectivity index (χ3v) is 4.56. The molecule has 4 atom stereocenters. The molecule has 0 aromatic heterocycles. The first-order chi connectivity index (χ1) is 5.70. The maximum absolute atomic E-state index is 9.13. The second-order valence-corrected chi connectivity index (χ2v) is 4.97. The molecule has 2 aliphatic carbocycles. The van der Waals surface area contributed by atoms with E-state index >= 15 is 0 Å². The number of hydrogen-bond acceptors (Lipinski definition) is 1. The Morgan fingerprint density at radius 1 is 1.42 bits per heavy atom. The summed E-state index contributed by atoms with van der Waals surface area (Å²) in [6.07, 6.45) is 5.47. The highest BCUT2D eigenvalue weighted by molar-refractivity contribution is 5.07. The molecule has 2 saturated carbocycles. The van der Waals surface area contributed by atoms with Crippen molar-refractivity contribution in [1.82, 2.24) is 0 Å². The molecule has 1 heteroatoms. The molecule has 2 rings (SSSR count). The first kappa shape index (κ1) is 8.55. The zero-order chi connectivity index (χ0) is 8.77. The van der Waals surface area contributed by atoms with E-state index in [1.165, 1.54) is 25.7 Å². The van der Waals surface area contributed by atoms with E-state index in [2.05, 4.69) is 13.8 Å². The SMILES string of the molecule is CC1CCCC2(CC2CO)C1C. The minimum atomic E-state index is 0.428. The van der Waals surface area contributed by atoms with Crippen molar-refractivity contribution in [3.8, 4) is 0 Å². The van der Waals surface area contributed by atoms with E-state index in [0.29, 0.717) is 17.9 Å². The largest absolute Gasteiger partial charge is 0.396 e. The summed E-state index contributed by atoms with van der Waals surface area (Å²) in [6, 6.07) is 0. The van der Waals surface area contributed by atoms with Gasteiger partial charge in [0.15, 0.2) is 0 Å². The number of aliphatic hydroxyl groups excluding tert-OH is 1. The highest BCUT2D eigenvalue weighted by Gasteiger charge is 2.58. The average molecular weight is 168 g/mol. The molecule has 0 aromatic carbocycles. The summed E-state index contributed by atoms with van der Waals surface area (Å²) in [7, 11) is 0. The number of rotatable bonds is 1. The lowest BCUT2D eigenvalue weighted by molar-refractivity contribution is 0.126. The van der Waals surface area contributed by atoms with Crippen LogP contribution in [-0.2, 0) is 0 Å². The molecule has 0 saturated heterocycles. The molecule has 1 spiro atoms. The molecule has 4 unspecified atom stereocenters. The zero-order valence-corrected chi connectivity index (χ0v) is 8.21. The smallest absolute Gasteiger partial charge is 0.0464 e. The Balaban J connectivity index is 2.06. The van der Waals surface area contributed by atoms with Crippen molar-refractivity contribution in [1.29, 1.82) is 0 Å². The first-order valence-electron chi connectivity index (χ1n) is 5.31. The summed E-state index contributed by atoms with van der Waals surface area (Å²) in [5.74, 6) is 2.38. The van der Waals surface area contributed by atoms with Crippen molar-refractivity contribution in [2.45, 2.75) is 39.5 Å². The molecule has 1 nitrogen and oxygen atoms in total. The molecule has 0 bridgehead atoms. The van der Waals surface area contributed by atoms with Crippen molar-refractivity contribution >= 4 is 0 Å². The second-order valence-electron chi connectivity index (χ2n) is 4.97. The molecule has 2 aliphatic rings. The van der Waals surface area contributed by atoms with Crippen molar-refractivity contribution < 1.29 is 5.11 Å². The fraction of sp³-hybridized carbons (Fsp3) is 1.00. The Bertz CT molecular complexity index is 178. The van der Waals surface area contributed by atoms with Crippen LogP contribution in [0.2, 0.25) is 0 Å². The summed E-state index contributed by atoms with van der Waals surface area (Å²) in [4.78, 5) is 0. The maximum atomic E-state index is 9.13. The van der Waals surface area contributed by atoms with Crippen molar-refractivity contribution in [3.63, 3.8) is 0 Å². The fourth-order valence-electron chi connectivity index (χ4n) is 3.31. The predicted molar refractivity (Wildman–Crippen MR) is 49.8 cm³/mol. The molecular weight excluding hydrogens is 148 g/mol. The Labute approximate surface area is 75.2 Å². The maximum Gasteiger partial charge on any atom is 0.0464 e. The van der Waals surface area contributed by atoms with Gasteiger partial charge in [-0.05, 0) is 36.0 Å². The fourth-order valence-corrected chi connectivity index (χ4v) is 3.31. The van der Waals surface area contributed by atoms with Crippen LogP contribution in [0.5, 0.6) is 0 Å². The molecule has 1 N–H and O–H groups in total. The van der Waals surface area contributed by atoms with Crippen molar-refractivity contribution in [2.75, 3.05) is 6.61 Å². The van der Waals surface area contributed by atoms with Gasteiger partial charge in [0.05, 0.1) is 0 Å². The summed E-state index contributed by atoms with van der Waals surface area (Å²) in [5.41, 5.74) is 0.576. The van der Waals surface area contributed by atoms with Gasteiger partial charge in [-0.1, -0.05) is 26.7 Å². The third kappa shape index (κ3) is 1.02. The van der Waals surface area contributed by atoms with Gasteiger partial charge in [0, 0.05) is 6.61 Å². The highest BCUT2D eigenvalue weighted by Crippen LogP contribution is 2.64. The van der Waals surface area contributed by atoms with Crippen LogP contribution in [0.15, 0.2) is 0 Å². The van der Waals surface area contributed by atoms with Crippen LogP contribution in [0.4, 0.5) is 0 Å². The average Bonchev–Trinajstić information content (AvgIpc) is 2.76. The molecule has 0 aliphatic heterocycles. The van der Waals surface area contributed by atoms with E-state index in [1.807, 2.05) is 0 Å². The first-order valence-corrected chi connectivity index (χ1v) is 5.31. The topological polar surface area (TPSA) is 20.2 Å². The van der Waals surface area contributed by atoms with Crippen LogP contribution < -0.4 is 0 Å². The van der Waals surface area contributed by atoms with E-state index < -0.39 is 0 Å². The van der Waals surface area contributed by atoms with Crippen LogP contribution >= 0.6 is 0 Å². The molecule has 2 fully saturated rings. The van der Waals surface area contributed by atoms with E-state index in [1.54, 1.807) is 0 Å². The van der Waals surface area contributed by atoms with Gasteiger partial charge < -0.3 is 5.11 Å². The van der Waals surface area contributed by atoms with Gasteiger partial charge in [0.1, 0.15) is 0 Å². The van der Waals surface area contributed by atoms with Crippen LogP contribution in [0.3, 0.4) is 0 Å². The Kier molecular flexibility index (Phi) is 1.95. The molecule has 70 valence electrons. The lowest BCUT2D eigenvalue weighted by Gasteiger charge is -2.35. The van der Waals surface area contributed by atoms with Gasteiger partial charge in [-0.15, -0.1) is 0 Å². The normalized spacial score (nSPS) is 52.8. The van der Waals surface area contributed by atoms with Gasteiger partial charge in [-0.2, -0.15) is 0 Å². The second kappa shape index (κ2) is 2.73. The number of aliphatic hydroxyl groups is 1. The van der Waals surface area contributed by atoms with Gasteiger partial charge in [0.25, 0.3) is 0 Å².